The van der Waals surface area contributed by atoms with Crippen LogP contribution in [0.2, 0.25) is 0 Å². The van der Waals surface area contributed by atoms with Gasteiger partial charge in [-0.3, -0.25) is 4.79 Å². The van der Waals surface area contributed by atoms with Crippen LogP contribution in [0.4, 0.5) is 0 Å². The summed E-state index contributed by atoms with van der Waals surface area (Å²) in [5.41, 5.74) is 7.80. The predicted octanol–water partition coefficient (Wildman–Crippen LogP) is 1.65. The minimum Gasteiger partial charge on any atom is -0.483 e. The van der Waals surface area contributed by atoms with Gasteiger partial charge in [0.1, 0.15) is 5.75 Å². The molecule has 0 spiro atoms. The number of amides is 1. The molecule has 0 saturated carbocycles. The van der Waals surface area contributed by atoms with E-state index in [4.69, 9.17) is 10.5 Å². The van der Waals surface area contributed by atoms with Gasteiger partial charge in [0.25, 0.3) is 5.91 Å². The summed E-state index contributed by atoms with van der Waals surface area (Å²) in [6.45, 7) is 7.43. The Morgan fingerprint density at radius 1 is 1.42 bits per heavy atom. The molecular weight excluding hydrogens is 240 g/mol. The van der Waals surface area contributed by atoms with Gasteiger partial charge in [0, 0.05) is 6.54 Å². The Morgan fingerprint density at radius 3 is 2.79 bits per heavy atom. The average molecular weight is 264 g/mol. The molecular formula is C15H24N2O2. The van der Waals surface area contributed by atoms with Crippen molar-refractivity contribution < 1.29 is 9.53 Å². The summed E-state index contributed by atoms with van der Waals surface area (Å²) in [5, 5.41) is 2.83. The summed E-state index contributed by atoms with van der Waals surface area (Å²) in [6, 6.07) is 5.92. The van der Waals surface area contributed by atoms with Gasteiger partial charge in [-0.1, -0.05) is 31.5 Å². The lowest BCUT2D eigenvalue weighted by Crippen LogP contribution is -2.31. The van der Waals surface area contributed by atoms with E-state index in [0.29, 0.717) is 19.0 Å². The van der Waals surface area contributed by atoms with E-state index in [2.05, 4.69) is 19.2 Å². The fourth-order valence-corrected chi connectivity index (χ4v) is 1.71. The van der Waals surface area contributed by atoms with E-state index in [1.807, 2.05) is 25.1 Å². The zero-order chi connectivity index (χ0) is 14.3. The first kappa shape index (κ1) is 15.5. The molecule has 0 radical (unpaired) electrons. The largest absolute Gasteiger partial charge is 0.483 e. The maximum Gasteiger partial charge on any atom is 0.257 e. The van der Waals surface area contributed by atoms with Gasteiger partial charge in [-0.25, -0.2) is 0 Å². The summed E-state index contributed by atoms with van der Waals surface area (Å²) >= 11 is 0. The summed E-state index contributed by atoms with van der Waals surface area (Å²) in [5.74, 6) is 1.10. The molecule has 3 N–H and O–H groups in total. The van der Waals surface area contributed by atoms with Crippen molar-refractivity contribution >= 4 is 5.91 Å². The molecule has 0 aliphatic heterocycles. The van der Waals surface area contributed by atoms with Crippen LogP contribution < -0.4 is 15.8 Å². The number of nitrogens with two attached hydrogens (primary N) is 1. The van der Waals surface area contributed by atoms with Crippen LogP contribution in [-0.2, 0) is 11.2 Å². The van der Waals surface area contributed by atoms with Gasteiger partial charge >= 0.3 is 0 Å². The Hall–Kier alpha value is -1.55. The van der Waals surface area contributed by atoms with Crippen LogP contribution in [-0.4, -0.2) is 25.6 Å². The summed E-state index contributed by atoms with van der Waals surface area (Å²) in [7, 11) is 0. The Balaban J connectivity index is 2.54. The lowest BCUT2D eigenvalue weighted by Gasteiger charge is -2.12. The lowest BCUT2D eigenvalue weighted by atomic mass is 10.1. The van der Waals surface area contributed by atoms with Crippen molar-refractivity contribution in [2.24, 2.45) is 11.7 Å². The number of hydrogen-bond acceptors (Lipinski definition) is 3. The smallest absolute Gasteiger partial charge is 0.257 e. The van der Waals surface area contributed by atoms with Crippen molar-refractivity contribution in [3.8, 4) is 5.75 Å². The Kier molecular flexibility index (Phi) is 6.36. The third-order valence-electron chi connectivity index (χ3n) is 2.70. The van der Waals surface area contributed by atoms with Gasteiger partial charge in [-0.15, -0.1) is 0 Å². The molecule has 0 aliphatic carbocycles. The van der Waals surface area contributed by atoms with Crippen molar-refractivity contribution in [2.45, 2.75) is 27.2 Å². The Bertz CT molecular complexity index is 417. The normalized spacial score (nSPS) is 10.6. The second kappa shape index (κ2) is 7.79. The molecule has 0 atom stereocenters. The number of carbonyl (C=O) groups is 1. The Labute approximate surface area is 115 Å². The van der Waals surface area contributed by atoms with Gasteiger partial charge in [-0.2, -0.15) is 0 Å². The Morgan fingerprint density at radius 2 is 2.16 bits per heavy atom. The molecule has 4 heteroatoms. The average Bonchev–Trinajstić information content (AvgIpc) is 2.35. The van der Waals surface area contributed by atoms with E-state index in [9.17, 15) is 4.79 Å². The van der Waals surface area contributed by atoms with E-state index in [0.717, 1.165) is 17.7 Å². The summed E-state index contributed by atoms with van der Waals surface area (Å²) < 4.78 is 5.57. The van der Waals surface area contributed by atoms with Crippen molar-refractivity contribution in [1.82, 2.24) is 5.32 Å². The number of rotatable bonds is 7. The maximum absolute atomic E-state index is 11.6. The standard InChI is InChI=1S/C15H24N2O2/c1-11(2)9-17-15(18)10-19-14-5-4-12(3)8-13(14)6-7-16/h4-5,8,11H,6-7,9-10,16H2,1-3H3,(H,17,18). The number of carbonyl (C=O) groups excluding carboxylic acids is 1. The molecule has 106 valence electrons. The van der Waals surface area contributed by atoms with Crippen LogP contribution in [0.1, 0.15) is 25.0 Å². The molecule has 1 aromatic rings. The van der Waals surface area contributed by atoms with E-state index >= 15 is 0 Å². The third kappa shape index (κ3) is 5.75. The summed E-state index contributed by atoms with van der Waals surface area (Å²) in [4.78, 5) is 11.6. The minimum atomic E-state index is -0.0898. The van der Waals surface area contributed by atoms with Crippen molar-refractivity contribution in [2.75, 3.05) is 19.7 Å². The number of nitrogens with one attached hydrogen (secondary N) is 1. The third-order valence-corrected chi connectivity index (χ3v) is 2.70. The molecule has 0 aromatic heterocycles. The van der Waals surface area contributed by atoms with Gasteiger partial charge < -0.3 is 15.8 Å². The second-order valence-corrected chi connectivity index (χ2v) is 5.14. The minimum absolute atomic E-state index is 0.0490. The molecule has 1 rings (SSSR count). The second-order valence-electron chi connectivity index (χ2n) is 5.14. The molecule has 1 aromatic carbocycles. The number of ether oxygens (including phenoxy) is 1. The highest BCUT2D eigenvalue weighted by molar-refractivity contribution is 5.77. The molecule has 1 amide bonds. The lowest BCUT2D eigenvalue weighted by molar-refractivity contribution is -0.123. The molecule has 0 fully saturated rings. The van der Waals surface area contributed by atoms with E-state index < -0.39 is 0 Å². The van der Waals surface area contributed by atoms with Crippen LogP contribution >= 0.6 is 0 Å². The topological polar surface area (TPSA) is 64.3 Å². The van der Waals surface area contributed by atoms with Gasteiger partial charge in [0.05, 0.1) is 0 Å². The first-order valence-corrected chi connectivity index (χ1v) is 6.72. The molecule has 0 saturated heterocycles. The number of aryl methyl sites for hydroxylation is 1. The zero-order valence-electron chi connectivity index (χ0n) is 12.0. The van der Waals surface area contributed by atoms with Crippen molar-refractivity contribution in [3.05, 3.63) is 29.3 Å². The number of benzene rings is 1. The highest BCUT2D eigenvalue weighted by atomic mass is 16.5. The first-order valence-electron chi connectivity index (χ1n) is 6.72. The highest BCUT2D eigenvalue weighted by Crippen LogP contribution is 2.20. The van der Waals surface area contributed by atoms with Crippen LogP contribution in [0.3, 0.4) is 0 Å². The molecule has 0 unspecified atom stereocenters. The van der Waals surface area contributed by atoms with Crippen molar-refractivity contribution in [3.63, 3.8) is 0 Å². The monoisotopic (exact) mass is 264 g/mol. The van der Waals surface area contributed by atoms with Crippen LogP contribution in [0, 0.1) is 12.8 Å². The SMILES string of the molecule is Cc1ccc(OCC(=O)NCC(C)C)c(CCN)c1. The first-order chi connectivity index (χ1) is 9.02. The van der Waals surface area contributed by atoms with Crippen LogP contribution in [0.15, 0.2) is 18.2 Å². The molecule has 0 aliphatic rings. The van der Waals surface area contributed by atoms with Gasteiger partial charge in [0.2, 0.25) is 0 Å². The van der Waals surface area contributed by atoms with Gasteiger partial charge in [-0.05, 0) is 37.4 Å². The molecule has 0 bridgehead atoms. The highest BCUT2D eigenvalue weighted by Gasteiger charge is 2.07. The predicted molar refractivity (Wildman–Crippen MR) is 77.3 cm³/mol. The zero-order valence-corrected chi connectivity index (χ0v) is 12.0. The van der Waals surface area contributed by atoms with Crippen LogP contribution in [0.25, 0.3) is 0 Å². The molecule has 19 heavy (non-hydrogen) atoms. The summed E-state index contributed by atoms with van der Waals surface area (Å²) in [6.07, 6.45) is 0.755. The van der Waals surface area contributed by atoms with E-state index in [1.165, 1.54) is 5.56 Å². The molecule has 0 heterocycles. The van der Waals surface area contributed by atoms with Gasteiger partial charge in [0.15, 0.2) is 6.61 Å². The van der Waals surface area contributed by atoms with Crippen LogP contribution in [0.5, 0.6) is 5.75 Å². The quantitative estimate of drug-likeness (QED) is 0.787. The fourth-order valence-electron chi connectivity index (χ4n) is 1.71. The van der Waals surface area contributed by atoms with Crippen molar-refractivity contribution in [1.29, 1.82) is 0 Å². The maximum atomic E-state index is 11.6. The van der Waals surface area contributed by atoms with E-state index in [1.54, 1.807) is 0 Å². The number of hydrogen-bond donors (Lipinski definition) is 2. The van der Waals surface area contributed by atoms with E-state index in [-0.39, 0.29) is 12.5 Å². The fraction of sp³-hybridized carbons (Fsp3) is 0.533. The molecule has 4 nitrogen and oxygen atoms in total.